The van der Waals surface area contributed by atoms with Crippen LogP contribution in [0.2, 0.25) is 0 Å². The Morgan fingerprint density at radius 1 is 1.09 bits per heavy atom. The largest absolute Gasteiger partial charge is 0.507 e. The molecule has 0 radical (unpaired) electrons. The number of fused-ring (bicyclic) bond motifs is 2. The van der Waals surface area contributed by atoms with Gasteiger partial charge in [-0.3, -0.25) is 14.5 Å². The summed E-state index contributed by atoms with van der Waals surface area (Å²) in [5, 5.41) is 11.3. The fourth-order valence-corrected chi connectivity index (χ4v) is 4.89. The molecule has 0 spiro atoms. The first-order valence-electron chi connectivity index (χ1n) is 11.1. The summed E-state index contributed by atoms with van der Waals surface area (Å²) < 4.78 is 19.3. The second-order valence-electron chi connectivity index (χ2n) is 8.60. The smallest absolute Gasteiger partial charge is 0.302 e. The fraction of sp³-hybridized carbons (Fsp3) is 0.192. The van der Waals surface area contributed by atoms with Gasteiger partial charge in [-0.2, -0.15) is 0 Å². The zero-order valence-electron chi connectivity index (χ0n) is 18.0. The molecule has 2 aromatic carbocycles. The van der Waals surface area contributed by atoms with E-state index in [-0.39, 0.29) is 17.3 Å². The van der Waals surface area contributed by atoms with E-state index in [4.69, 9.17) is 4.42 Å². The number of aryl methyl sites for hydroxylation is 2. The molecule has 1 aliphatic heterocycles. The number of imidazole rings is 1. The summed E-state index contributed by atoms with van der Waals surface area (Å²) in [5.41, 5.74) is 3.58. The highest BCUT2D eigenvalue weighted by Crippen LogP contribution is 2.42. The third-order valence-electron chi connectivity index (χ3n) is 6.54. The molecule has 2 aromatic heterocycles. The number of aliphatic hydroxyl groups is 1. The maximum absolute atomic E-state index is 13.7. The van der Waals surface area contributed by atoms with Crippen LogP contribution in [0.4, 0.5) is 10.3 Å². The normalized spacial score (nSPS) is 19.7. The molecule has 0 saturated carbocycles. The topological polar surface area (TPSA) is 99.4 Å². The van der Waals surface area contributed by atoms with Gasteiger partial charge in [-0.15, -0.1) is 0 Å². The van der Waals surface area contributed by atoms with E-state index in [9.17, 15) is 19.1 Å². The van der Waals surface area contributed by atoms with Crippen LogP contribution >= 0.6 is 0 Å². The lowest BCUT2D eigenvalue weighted by molar-refractivity contribution is -0.132. The Balaban J connectivity index is 1.52. The monoisotopic (exact) mass is 457 g/mol. The Kier molecular flexibility index (Phi) is 4.62. The van der Waals surface area contributed by atoms with Crippen molar-refractivity contribution in [3.8, 4) is 0 Å². The second-order valence-corrected chi connectivity index (χ2v) is 8.60. The lowest BCUT2D eigenvalue weighted by atomic mass is 9.89. The molecule has 8 heteroatoms. The second kappa shape index (κ2) is 7.69. The molecule has 7 nitrogen and oxygen atoms in total. The van der Waals surface area contributed by atoms with Crippen LogP contribution in [-0.4, -0.2) is 26.8 Å². The van der Waals surface area contributed by atoms with Gasteiger partial charge in [0.1, 0.15) is 23.4 Å². The van der Waals surface area contributed by atoms with E-state index in [2.05, 4.69) is 9.97 Å². The predicted octanol–water partition coefficient (Wildman–Crippen LogP) is 4.80. The van der Waals surface area contributed by atoms with Crippen LogP contribution < -0.4 is 4.90 Å². The third kappa shape index (κ3) is 3.14. The number of aromatic amines is 1. The lowest BCUT2D eigenvalue weighted by Crippen LogP contribution is -2.30. The summed E-state index contributed by atoms with van der Waals surface area (Å²) in [6, 6.07) is 11.9. The first-order valence-corrected chi connectivity index (χ1v) is 11.1. The first-order chi connectivity index (χ1) is 16.5. The van der Waals surface area contributed by atoms with Gasteiger partial charge >= 0.3 is 5.91 Å². The Bertz CT molecular complexity index is 1490. The molecular formula is C26H20FN3O4. The van der Waals surface area contributed by atoms with E-state index in [0.717, 1.165) is 36.1 Å². The van der Waals surface area contributed by atoms with Gasteiger partial charge in [-0.05, 0) is 73.2 Å². The number of aliphatic hydroxyl groups excluding tert-OH is 1. The highest BCUT2D eigenvalue weighted by Gasteiger charge is 2.49. The van der Waals surface area contributed by atoms with Crippen LogP contribution in [0.15, 0.2) is 64.8 Å². The van der Waals surface area contributed by atoms with Gasteiger partial charge in [0.05, 0.1) is 22.9 Å². The number of furan rings is 1. The van der Waals surface area contributed by atoms with Gasteiger partial charge in [-0.25, -0.2) is 9.37 Å². The lowest BCUT2D eigenvalue weighted by Gasteiger charge is -2.21. The van der Waals surface area contributed by atoms with Crippen molar-refractivity contribution in [2.75, 3.05) is 4.90 Å². The molecule has 2 aliphatic rings. The number of amides is 1. The van der Waals surface area contributed by atoms with Gasteiger partial charge in [0.2, 0.25) is 5.95 Å². The number of hydrogen-bond donors (Lipinski definition) is 2. The number of halogens is 1. The van der Waals surface area contributed by atoms with Crippen LogP contribution in [0.25, 0.3) is 16.8 Å². The highest BCUT2D eigenvalue weighted by atomic mass is 19.1. The number of hydrogen-bond acceptors (Lipinski definition) is 5. The van der Waals surface area contributed by atoms with Crippen LogP contribution in [0.5, 0.6) is 0 Å². The minimum absolute atomic E-state index is 0.0635. The number of carbonyl (C=O) groups excluding carboxylic acids is 2. The molecule has 1 saturated heterocycles. The number of H-pyrrole nitrogens is 1. The highest BCUT2D eigenvalue weighted by molar-refractivity contribution is 6.51. The molecule has 6 rings (SSSR count). The molecule has 0 bridgehead atoms. The summed E-state index contributed by atoms with van der Waals surface area (Å²) >= 11 is 0. The zero-order valence-corrected chi connectivity index (χ0v) is 18.0. The zero-order chi connectivity index (χ0) is 23.4. The van der Waals surface area contributed by atoms with Crippen molar-refractivity contribution in [2.24, 2.45) is 0 Å². The summed E-state index contributed by atoms with van der Waals surface area (Å²) in [5.74, 6) is -2.07. The third-order valence-corrected chi connectivity index (χ3v) is 6.54. The van der Waals surface area contributed by atoms with E-state index < -0.39 is 23.5 Å². The van der Waals surface area contributed by atoms with Crippen LogP contribution in [-0.2, 0) is 22.4 Å². The first kappa shape index (κ1) is 20.4. The van der Waals surface area contributed by atoms with E-state index in [0.29, 0.717) is 22.4 Å². The summed E-state index contributed by atoms with van der Waals surface area (Å²) in [4.78, 5) is 34.9. The van der Waals surface area contributed by atoms with Crippen molar-refractivity contribution in [1.29, 1.82) is 0 Å². The molecule has 34 heavy (non-hydrogen) atoms. The van der Waals surface area contributed by atoms with Crippen molar-refractivity contribution in [1.82, 2.24) is 9.97 Å². The van der Waals surface area contributed by atoms with Gasteiger partial charge in [0.25, 0.3) is 5.78 Å². The Hall–Kier alpha value is -4.20. The Morgan fingerprint density at radius 3 is 2.71 bits per heavy atom. The maximum Gasteiger partial charge on any atom is 0.302 e. The average molecular weight is 457 g/mol. The van der Waals surface area contributed by atoms with Gasteiger partial charge in [-0.1, -0.05) is 12.1 Å². The minimum atomic E-state index is -1.03. The van der Waals surface area contributed by atoms with Crippen molar-refractivity contribution in [3.05, 3.63) is 88.6 Å². The summed E-state index contributed by atoms with van der Waals surface area (Å²) in [6.07, 6.45) is 5.52. The molecule has 3 heterocycles. The van der Waals surface area contributed by atoms with Gasteiger partial charge < -0.3 is 14.5 Å². The van der Waals surface area contributed by atoms with Crippen molar-refractivity contribution in [2.45, 2.75) is 31.7 Å². The molecule has 170 valence electrons. The molecule has 2 N–H and O–H groups in total. The average Bonchev–Trinajstić information content (AvgIpc) is 3.57. The van der Waals surface area contributed by atoms with E-state index in [1.54, 1.807) is 18.2 Å². The number of Topliss-reactive ketones (excluding diaryl/α,β-unsaturated/α-hetero) is 1. The number of aromatic nitrogens is 2. The molecule has 4 aromatic rings. The predicted molar refractivity (Wildman–Crippen MR) is 123 cm³/mol. The van der Waals surface area contributed by atoms with Crippen LogP contribution in [0.3, 0.4) is 0 Å². The van der Waals surface area contributed by atoms with E-state index in [1.165, 1.54) is 30.0 Å². The molecule has 1 unspecified atom stereocenters. The number of benzene rings is 2. The SMILES string of the molecule is O=C1C(=O)N(c2nc3ccc(F)cc3[nH]2)C(c2ccco2)/C1=C(\O)c1ccc2c(c1)CCCC2. The van der Waals surface area contributed by atoms with Gasteiger partial charge in [0, 0.05) is 5.56 Å². The minimum Gasteiger partial charge on any atom is -0.507 e. The van der Waals surface area contributed by atoms with E-state index in [1.807, 2.05) is 12.1 Å². The molecule has 1 aliphatic carbocycles. The number of nitrogens with one attached hydrogen (secondary N) is 1. The number of rotatable bonds is 3. The molecule has 1 fully saturated rings. The molecule has 1 atom stereocenters. The van der Waals surface area contributed by atoms with Gasteiger partial charge in [0.15, 0.2) is 0 Å². The van der Waals surface area contributed by atoms with Crippen molar-refractivity contribution >= 4 is 34.4 Å². The standard InChI is InChI=1S/C26H20FN3O4/c27-17-9-10-18-19(13-17)29-26(28-18)30-22(20-6-3-11-34-20)21(24(32)25(30)33)23(31)16-8-7-14-4-1-2-5-15(14)12-16/h3,6-13,22,31H,1-2,4-5H2,(H,28,29)/b23-21+. The number of nitrogens with zero attached hydrogens (tertiary/aromatic N) is 2. The Morgan fingerprint density at radius 2 is 1.91 bits per heavy atom. The van der Waals surface area contributed by atoms with E-state index >= 15 is 0 Å². The fourth-order valence-electron chi connectivity index (χ4n) is 4.89. The molecule has 1 amide bonds. The van der Waals surface area contributed by atoms with Crippen LogP contribution in [0.1, 0.15) is 41.3 Å². The quantitative estimate of drug-likeness (QED) is 0.262. The maximum atomic E-state index is 13.7. The number of anilines is 1. The molecular weight excluding hydrogens is 437 g/mol. The summed E-state index contributed by atoms with van der Waals surface area (Å²) in [6.45, 7) is 0. The van der Waals surface area contributed by atoms with Crippen molar-refractivity contribution in [3.63, 3.8) is 0 Å². The van der Waals surface area contributed by atoms with Crippen molar-refractivity contribution < 1.29 is 23.5 Å². The van der Waals surface area contributed by atoms with Crippen LogP contribution in [0, 0.1) is 5.82 Å². The Labute approximate surface area is 193 Å². The number of carbonyl (C=O) groups is 2. The number of ketones is 1. The summed E-state index contributed by atoms with van der Waals surface area (Å²) in [7, 11) is 0.